The van der Waals surface area contributed by atoms with E-state index in [2.05, 4.69) is 5.32 Å². The summed E-state index contributed by atoms with van der Waals surface area (Å²) in [6, 6.07) is 3.38. The topological polar surface area (TPSA) is 38.3 Å². The Bertz CT molecular complexity index is 394. The molecule has 0 atom stereocenters. The number of Topliss-reactive ketones (excluding diaryl/α,β-unsaturated/α-hetero) is 1. The molecule has 1 N–H and O–H groups in total. The zero-order valence-corrected chi connectivity index (χ0v) is 10.7. The molecule has 0 aliphatic carbocycles. The van der Waals surface area contributed by atoms with Crippen LogP contribution in [0.1, 0.15) is 12.5 Å². The Hall–Kier alpha value is -0.770. The molecule has 5 heteroatoms. The van der Waals surface area contributed by atoms with E-state index in [1.54, 1.807) is 19.2 Å². The maximum absolute atomic E-state index is 10.8. The summed E-state index contributed by atoms with van der Waals surface area (Å²) in [5.41, 5.74) is 0.834. The van der Waals surface area contributed by atoms with Crippen molar-refractivity contribution < 1.29 is 9.53 Å². The fraction of sp³-hybridized carbons (Fsp3) is 0.364. The van der Waals surface area contributed by atoms with Gasteiger partial charge in [0.2, 0.25) is 0 Å². The van der Waals surface area contributed by atoms with Gasteiger partial charge in [-0.3, -0.25) is 4.79 Å². The standard InChI is InChI=1S/C11H13Cl2NO2/c1-7(15)5-14-6-8-3-9(12)4-10(13)11(8)16-2/h3-4,14H,5-6H2,1-2H3. The number of hydrogen-bond donors (Lipinski definition) is 1. The van der Waals surface area contributed by atoms with Crippen LogP contribution in [0.15, 0.2) is 12.1 Å². The van der Waals surface area contributed by atoms with Gasteiger partial charge in [0.05, 0.1) is 18.7 Å². The van der Waals surface area contributed by atoms with E-state index in [1.165, 1.54) is 6.92 Å². The first-order valence-electron chi connectivity index (χ1n) is 4.76. The molecular weight excluding hydrogens is 249 g/mol. The smallest absolute Gasteiger partial charge is 0.143 e. The van der Waals surface area contributed by atoms with Crippen LogP contribution in [-0.2, 0) is 11.3 Å². The number of halogens is 2. The van der Waals surface area contributed by atoms with Crippen molar-refractivity contribution in [1.29, 1.82) is 0 Å². The Morgan fingerprint density at radius 3 is 2.69 bits per heavy atom. The molecule has 0 aromatic heterocycles. The molecule has 0 unspecified atom stereocenters. The van der Waals surface area contributed by atoms with E-state index < -0.39 is 0 Å². The molecule has 88 valence electrons. The second-order valence-electron chi connectivity index (χ2n) is 3.39. The van der Waals surface area contributed by atoms with Crippen LogP contribution in [0.3, 0.4) is 0 Å². The second kappa shape index (κ2) is 6.09. The number of rotatable bonds is 5. The van der Waals surface area contributed by atoms with Gasteiger partial charge >= 0.3 is 0 Å². The summed E-state index contributed by atoms with van der Waals surface area (Å²) in [6.07, 6.45) is 0. The average molecular weight is 262 g/mol. The zero-order chi connectivity index (χ0) is 12.1. The van der Waals surface area contributed by atoms with E-state index in [-0.39, 0.29) is 5.78 Å². The third-order valence-corrected chi connectivity index (χ3v) is 2.48. The summed E-state index contributed by atoms with van der Waals surface area (Å²) in [5, 5.41) is 4.00. The van der Waals surface area contributed by atoms with Crippen LogP contribution in [0, 0.1) is 0 Å². The molecule has 3 nitrogen and oxygen atoms in total. The van der Waals surface area contributed by atoms with Gasteiger partial charge in [0, 0.05) is 17.1 Å². The monoisotopic (exact) mass is 261 g/mol. The quantitative estimate of drug-likeness (QED) is 0.886. The molecule has 0 fully saturated rings. The molecule has 0 radical (unpaired) electrons. The van der Waals surface area contributed by atoms with Gasteiger partial charge in [0.15, 0.2) is 0 Å². The molecule has 0 amide bonds. The first-order chi connectivity index (χ1) is 7.54. The zero-order valence-electron chi connectivity index (χ0n) is 9.14. The lowest BCUT2D eigenvalue weighted by Gasteiger charge is -2.11. The lowest BCUT2D eigenvalue weighted by atomic mass is 10.2. The lowest BCUT2D eigenvalue weighted by molar-refractivity contribution is -0.116. The van der Waals surface area contributed by atoms with Crippen LogP contribution in [0.5, 0.6) is 5.75 Å². The number of ether oxygens (including phenoxy) is 1. The minimum atomic E-state index is 0.0760. The number of nitrogens with one attached hydrogen (secondary N) is 1. The molecule has 1 aromatic carbocycles. The van der Waals surface area contributed by atoms with Crippen molar-refractivity contribution in [3.05, 3.63) is 27.7 Å². The van der Waals surface area contributed by atoms with E-state index in [1.807, 2.05) is 0 Å². The van der Waals surface area contributed by atoms with Gasteiger partial charge in [-0.1, -0.05) is 23.2 Å². The van der Waals surface area contributed by atoms with Crippen LogP contribution in [-0.4, -0.2) is 19.4 Å². The van der Waals surface area contributed by atoms with Gasteiger partial charge in [0.1, 0.15) is 11.5 Å². The third-order valence-electron chi connectivity index (χ3n) is 1.98. The predicted octanol–water partition coefficient (Wildman–Crippen LogP) is 2.68. The van der Waals surface area contributed by atoms with Crippen molar-refractivity contribution in [2.75, 3.05) is 13.7 Å². The second-order valence-corrected chi connectivity index (χ2v) is 4.23. The summed E-state index contributed by atoms with van der Waals surface area (Å²) >= 11 is 11.9. The van der Waals surface area contributed by atoms with Gasteiger partial charge < -0.3 is 10.1 Å². The van der Waals surface area contributed by atoms with Crippen molar-refractivity contribution in [2.45, 2.75) is 13.5 Å². The highest BCUT2D eigenvalue weighted by atomic mass is 35.5. The minimum Gasteiger partial charge on any atom is -0.495 e. The number of carbonyl (C=O) groups excluding carboxylic acids is 1. The van der Waals surface area contributed by atoms with E-state index in [0.29, 0.717) is 28.9 Å². The van der Waals surface area contributed by atoms with E-state index >= 15 is 0 Å². The van der Waals surface area contributed by atoms with E-state index in [9.17, 15) is 4.79 Å². The fourth-order valence-corrected chi connectivity index (χ4v) is 1.96. The molecule has 0 bridgehead atoms. The van der Waals surface area contributed by atoms with E-state index in [0.717, 1.165) is 5.56 Å². The van der Waals surface area contributed by atoms with Crippen molar-refractivity contribution in [3.63, 3.8) is 0 Å². The summed E-state index contributed by atoms with van der Waals surface area (Å²) in [6.45, 7) is 2.32. The SMILES string of the molecule is COc1c(Cl)cc(Cl)cc1CNCC(C)=O. The maximum Gasteiger partial charge on any atom is 0.143 e. The Kier molecular flexibility index (Phi) is 5.06. The molecule has 0 aliphatic rings. The first kappa shape index (κ1) is 13.3. The van der Waals surface area contributed by atoms with Crippen LogP contribution in [0.25, 0.3) is 0 Å². The van der Waals surface area contributed by atoms with Crippen molar-refractivity contribution in [3.8, 4) is 5.75 Å². The summed E-state index contributed by atoms with van der Waals surface area (Å²) in [5.74, 6) is 0.661. The van der Waals surface area contributed by atoms with Crippen LogP contribution in [0.4, 0.5) is 0 Å². The molecule has 0 saturated carbocycles. The molecule has 0 spiro atoms. The summed E-state index contributed by atoms with van der Waals surface area (Å²) in [4.78, 5) is 10.8. The Labute approximate surface area is 105 Å². The van der Waals surface area contributed by atoms with Crippen molar-refractivity contribution in [1.82, 2.24) is 5.32 Å². The molecule has 1 aromatic rings. The molecular formula is C11H13Cl2NO2. The Morgan fingerprint density at radius 1 is 1.44 bits per heavy atom. The van der Waals surface area contributed by atoms with Gasteiger partial charge in [-0.2, -0.15) is 0 Å². The molecule has 0 saturated heterocycles. The highest BCUT2D eigenvalue weighted by molar-refractivity contribution is 6.35. The van der Waals surface area contributed by atoms with Gasteiger partial charge in [0.25, 0.3) is 0 Å². The van der Waals surface area contributed by atoms with Crippen LogP contribution in [0.2, 0.25) is 10.0 Å². The first-order valence-corrected chi connectivity index (χ1v) is 5.52. The number of methoxy groups -OCH3 is 1. The Morgan fingerprint density at radius 2 is 2.12 bits per heavy atom. The van der Waals surface area contributed by atoms with Gasteiger partial charge in [-0.05, 0) is 19.1 Å². The highest BCUT2D eigenvalue weighted by Crippen LogP contribution is 2.31. The third kappa shape index (κ3) is 3.67. The number of benzene rings is 1. The van der Waals surface area contributed by atoms with Crippen molar-refractivity contribution >= 4 is 29.0 Å². The van der Waals surface area contributed by atoms with Crippen LogP contribution >= 0.6 is 23.2 Å². The highest BCUT2D eigenvalue weighted by Gasteiger charge is 2.09. The fourth-order valence-electron chi connectivity index (χ4n) is 1.35. The lowest BCUT2D eigenvalue weighted by Crippen LogP contribution is -2.20. The summed E-state index contributed by atoms with van der Waals surface area (Å²) in [7, 11) is 1.55. The summed E-state index contributed by atoms with van der Waals surface area (Å²) < 4.78 is 5.17. The number of hydrogen-bond acceptors (Lipinski definition) is 3. The molecule has 1 rings (SSSR count). The maximum atomic E-state index is 10.8. The van der Waals surface area contributed by atoms with Gasteiger partial charge in [-0.25, -0.2) is 0 Å². The van der Waals surface area contributed by atoms with Crippen molar-refractivity contribution in [2.24, 2.45) is 0 Å². The molecule has 0 heterocycles. The molecule has 0 aliphatic heterocycles. The molecule has 16 heavy (non-hydrogen) atoms. The van der Waals surface area contributed by atoms with Crippen LogP contribution < -0.4 is 10.1 Å². The number of carbonyl (C=O) groups is 1. The predicted molar refractivity (Wildman–Crippen MR) is 65.4 cm³/mol. The normalized spacial score (nSPS) is 10.2. The largest absolute Gasteiger partial charge is 0.495 e. The number of ketones is 1. The Balaban J connectivity index is 2.81. The minimum absolute atomic E-state index is 0.0760. The average Bonchev–Trinajstić information content (AvgIpc) is 2.16. The van der Waals surface area contributed by atoms with E-state index in [4.69, 9.17) is 27.9 Å². The van der Waals surface area contributed by atoms with Gasteiger partial charge in [-0.15, -0.1) is 0 Å².